The van der Waals surface area contributed by atoms with E-state index in [1.807, 2.05) is 30.3 Å². The first-order valence-electron chi connectivity index (χ1n) is 14.6. The van der Waals surface area contributed by atoms with Crippen molar-refractivity contribution in [2.24, 2.45) is 11.3 Å². The summed E-state index contributed by atoms with van der Waals surface area (Å²) in [7, 11) is -2.30. The lowest BCUT2D eigenvalue weighted by Gasteiger charge is -2.42. The van der Waals surface area contributed by atoms with E-state index in [0.717, 1.165) is 55.5 Å². The van der Waals surface area contributed by atoms with E-state index < -0.39 is 26.7 Å². The molecule has 0 saturated heterocycles. The Bertz CT molecular complexity index is 1590. The second-order valence-corrected chi connectivity index (χ2v) is 15.7. The van der Waals surface area contributed by atoms with Crippen LogP contribution in [0.4, 0.5) is 15.8 Å². The van der Waals surface area contributed by atoms with E-state index in [-0.39, 0.29) is 28.4 Å². The topological polar surface area (TPSA) is 87.2 Å². The number of anilines is 2. The third-order valence-electron chi connectivity index (χ3n) is 9.11. The Morgan fingerprint density at radius 1 is 1.07 bits per heavy atom. The molecule has 3 aromatic rings. The molecule has 42 heavy (non-hydrogen) atoms. The van der Waals surface area contributed by atoms with E-state index in [2.05, 4.69) is 18.7 Å². The lowest BCUT2D eigenvalue weighted by Crippen LogP contribution is -2.46. The summed E-state index contributed by atoms with van der Waals surface area (Å²) in [6, 6.07) is 14.1. The van der Waals surface area contributed by atoms with Crippen molar-refractivity contribution in [3.05, 3.63) is 59.2 Å². The predicted molar refractivity (Wildman–Crippen MR) is 163 cm³/mol. The number of sulfonamides is 1. The Balaban J connectivity index is 1.55. The summed E-state index contributed by atoms with van der Waals surface area (Å²) in [6.07, 6.45) is 6.88. The fourth-order valence-corrected chi connectivity index (χ4v) is 9.39. The number of aromatic carboxylic acids is 1. The number of benzene rings is 2. The van der Waals surface area contributed by atoms with Crippen molar-refractivity contribution in [2.75, 3.05) is 18.5 Å². The lowest BCUT2D eigenvalue weighted by atomic mass is 9.70. The second kappa shape index (κ2) is 11.0. The Labute approximate surface area is 251 Å². The zero-order valence-electron chi connectivity index (χ0n) is 24.2. The molecule has 2 aromatic carbocycles. The van der Waals surface area contributed by atoms with Crippen LogP contribution in [-0.4, -0.2) is 49.5 Å². The number of rotatable bonds is 6. The van der Waals surface area contributed by atoms with Gasteiger partial charge in [0, 0.05) is 41.8 Å². The standard InChI is InChI=1S/C32H37FN2O5S2/c1-32(2)17-22(18-32)40-27-16-25-29(14-23(27)28-15-24(33)30(41-28)31(36)37)42(38,39)34(3)26(20-10-6-4-7-11-20)19-35(25)21-12-8-5-9-13-21/h5,8-9,12-16,20,22,26H,4,6-7,10-11,17-19H2,1-3H3,(H,36,37)/t26-/m0/s1. The SMILES string of the molecule is CN1[C@H](C2CCCCC2)CN(c2ccccc2)c2cc(OC3CC(C)(C)C3)c(-c3cc(F)c(C(=O)O)s3)cc2S1(=O)=O. The zero-order chi connectivity index (χ0) is 29.8. The first-order chi connectivity index (χ1) is 19.9. The van der Waals surface area contributed by atoms with Gasteiger partial charge in [0.25, 0.3) is 0 Å². The number of fused-ring (bicyclic) bond motifs is 1. The van der Waals surface area contributed by atoms with Crippen LogP contribution in [0.25, 0.3) is 10.4 Å². The molecule has 1 atom stereocenters. The average molecular weight is 613 g/mol. The number of nitrogens with zero attached hydrogens (tertiary/aromatic N) is 2. The number of hydrogen-bond donors (Lipinski definition) is 1. The Hall–Kier alpha value is -2.95. The van der Waals surface area contributed by atoms with Crippen molar-refractivity contribution in [1.29, 1.82) is 0 Å². The molecule has 224 valence electrons. The van der Waals surface area contributed by atoms with Gasteiger partial charge in [-0.2, -0.15) is 4.31 Å². The predicted octanol–water partition coefficient (Wildman–Crippen LogP) is 7.54. The van der Waals surface area contributed by atoms with Gasteiger partial charge in [0.2, 0.25) is 10.0 Å². The first kappa shape index (κ1) is 29.1. The van der Waals surface area contributed by atoms with Crippen LogP contribution < -0.4 is 9.64 Å². The van der Waals surface area contributed by atoms with Gasteiger partial charge in [-0.15, -0.1) is 11.3 Å². The van der Waals surface area contributed by atoms with Crippen molar-refractivity contribution >= 4 is 38.7 Å². The number of likely N-dealkylation sites (N-methyl/N-ethyl adjacent to an activating group) is 1. The van der Waals surface area contributed by atoms with Gasteiger partial charge < -0.3 is 14.7 Å². The first-order valence-corrected chi connectivity index (χ1v) is 16.9. The van der Waals surface area contributed by atoms with Gasteiger partial charge in [0.15, 0.2) is 0 Å². The molecular weight excluding hydrogens is 575 g/mol. The highest BCUT2D eigenvalue weighted by atomic mass is 32.2. The molecule has 0 radical (unpaired) electrons. The number of halogens is 1. The largest absolute Gasteiger partial charge is 0.490 e. The van der Waals surface area contributed by atoms with Gasteiger partial charge in [0.1, 0.15) is 21.3 Å². The minimum atomic E-state index is -3.97. The van der Waals surface area contributed by atoms with Crippen molar-refractivity contribution in [3.63, 3.8) is 0 Å². The number of thiophene rings is 1. The number of hydrogen-bond acceptors (Lipinski definition) is 6. The van der Waals surface area contributed by atoms with E-state index >= 15 is 0 Å². The fourth-order valence-electron chi connectivity index (χ4n) is 6.89. The highest BCUT2D eigenvalue weighted by molar-refractivity contribution is 7.89. The Morgan fingerprint density at radius 3 is 2.38 bits per heavy atom. The molecule has 3 aliphatic rings. The van der Waals surface area contributed by atoms with Crippen LogP contribution in [0.3, 0.4) is 0 Å². The van der Waals surface area contributed by atoms with Gasteiger partial charge >= 0.3 is 5.97 Å². The van der Waals surface area contributed by atoms with Gasteiger partial charge in [-0.3, -0.25) is 0 Å². The van der Waals surface area contributed by atoms with Crippen LogP contribution in [-0.2, 0) is 10.0 Å². The minimum absolute atomic E-state index is 0.0780. The fraction of sp³-hybridized carbons (Fsp3) is 0.469. The minimum Gasteiger partial charge on any atom is -0.490 e. The average Bonchev–Trinajstić information content (AvgIpc) is 3.31. The lowest BCUT2D eigenvalue weighted by molar-refractivity contribution is 0.0109. The van der Waals surface area contributed by atoms with E-state index in [9.17, 15) is 22.7 Å². The highest BCUT2D eigenvalue weighted by Gasteiger charge is 2.43. The molecule has 1 aliphatic heterocycles. The number of carboxylic acids is 1. The third kappa shape index (κ3) is 5.33. The number of para-hydroxylation sites is 1. The molecule has 0 unspecified atom stereocenters. The summed E-state index contributed by atoms with van der Waals surface area (Å²) < 4.78 is 51.6. The maximum Gasteiger partial charge on any atom is 0.348 e. The van der Waals surface area contributed by atoms with Crippen molar-refractivity contribution in [3.8, 4) is 16.2 Å². The van der Waals surface area contributed by atoms with Crippen LogP contribution in [0.2, 0.25) is 0 Å². The Morgan fingerprint density at radius 2 is 1.76 bits per heavy atom. The maximum absolute atomic E-state index is 14.7. The molecular formula is C32H37FN2O5S2. The molecule has 7 nitrogen and oxygen atoms in total. The second-order valence-electron chi connectivity index (χ2n) is 12.7. The summed E-state index contributed by atoms with van der Waals surface area (Å²) in [5, 5.41) is 9.54. The number of ether oxygens (including phenoxy) is 1. The molecule has 10 heteroatoms. The highest BCUT2D eigenvalue weighted by Crippen LogP contribution is 2.49. The van der Waals surface area contributed by atoms with Gasteiger partial charge in [-0.25, -0.2) is 17.6 Å². The van der Waals surface area contributed by atoms with Gasteiger partial charge in [-0.1, -0.05) is 51.3 Å². The Kier molecular flexibility index (Phi) is 7.60. The van der Waals surface area contributed by atoms with E-state index in [4.69, 9.17) is 4.74 Å². The summed E-state index contributed by atoms with van der Waals surface area (Å²) >= 11 is 0.788. The van der Waals surface area contributed by atoms with Crippen LogP contribution in [0.15, 0.2) is 53.4 Å². The molecule has 2 aliphatic carbocycles. The smallest absolute Gasteiger partial charge is 0.348 e. The van der Waals surface area contributed by atoms with E-state index in [1.54, 1.807) is 19.2 Å². The van der Waals surface area contributed by atoms with Crippen LogP contribution in [0.5, 0.6) is 5.75 Å². The van der Waals surface area contributed by atoms with Crippen LogP contribution >= 0.6 is 11.3 Å². The maximum atomic E-state index is 14.7. The number of carbonyl (C=O) groups is 1. The van der Waals surface area contributed by atoms with Gasteiger partial charge in [-0.05, 0) is 61.3 Å². The van der Waals surface area contributed by atoms with E-state index in [0.29, 0.717) is 28.4 Å². The summed E-state index contributed by atoms with van der Waals surface area (Å²) in [5.74, 6) is -1.55. The van der Waals surface area contributed by atoms with Gasteiger partial charge in [0.05, 0.1) is 11.8 Å². The molecule has 2 saturated carbocycles. The molecule has 0 spiro atoms. The monoisotopic (exact) mass is 612 g/mol. The van der Waals surface area contributed by atoms with E-state index in [1.165, 1.54) is 16.8 Å². The molecule has 0 bridgehead atoms. The number of carboxylic acid groups (broad SMARTS) is 1. The molecule has 2 heterocycles. The summed E-state index contributed by atoms with van der Waals surface area (Å²) in [5.41, 5.74) is 1.91. The van der Waals surface area contributed by atoms with Crippen molar-refractivity contribution < 1.29 is 27.4 Å². The van der Waals surface area contributed by atoms with Crippen LogP contribution in [0.1, 0.15) is 68.5 Å². The molecule has 2 fully saturated rings. The molecule has 0 amide bonds. The summed E-state index contributed by atoms with van der Waals surface area (Å²) in [6.45, 7) is 4.83. The normalized spacial score (nSPS) is 22.7. The quantitative estimate of drug-likeness (QED) is 0.310. The zero-order valence-corrected chi connectivity index (χ0v) is 25.8. The summed E-state index contributed by atoms with van der Waals surface area (Å²) in [4.78, 5) is 13.8. The van der Waals surface area contributed by atoms with Crippen molar-refractivity contribution in [1.82, 2.24) is 4.31 Å². The third-order valence-corrected chi connectivity index (χ3v) is 12.2. The molecule has 6 rings (SSSR count). The molecule has 1 aromatic heterocycles. The molecule has 1 N–H and O–H groups in total. The van der Waals surface area contributed by atoms with Crippen molar-refractivity contribution in [2.45, 2.75) is 75.8 Å². The van der Waals surface area contributed by atoms with Crippen LogP contribution in [0, 0.1) is 17.2 Å².